The summed E-state index contributed by atoms with van der Waals surface area (Å²) in [6.45, 7) is 0.287. The minimum absolute atomic E-state index is 0.0147. The molecular formula is C24H22O9. The van der Waals surface area contributed by atoms with Crippen LogP contribution in [-0.2, 0) is 9.47 Å². The molecule has 2 aromatic carbocycles. The van der Waals surface area contributed by atoms with Gasteiger partial charge >= 0.3 is 0 Å². The van der Waals surface area contributed by atoms with Gasteiger partial charge in [0.05, 0.1) is 13.7 Å². The predicted octanol–water partition coefficient (Wildman–Crippen LogP) is 2.14. The summed E-state index contributed by atoms with van der Waals surface area (Å²) in [6.07, 6.45) is 1.27. The van der Waals surface area contributed by atoms with E-state index in [0.717, 1.165) is 11.6 Å². The van der Waals surface area contributed by atoms with Gasteiger partial charge in [-0.1, -0.05) is 18.2 Å². The highest BCUT2D eigenvalue weighted by Crippen LogP contribution is 2.41. The molecule has 0 aromatic heterocycles. The topological polar surface area (TPSA) is 135 Å². The second-order valence-corrected chi connectivity index (χ2v) is 8.03. The van der Waals surface area contributed by atoms with Gasteiger partial charge in [-0.2, -0.15) is 0 Å². The van der Waals surface area contributed by atoms with Crippen molar-refractivity contribution < 1.29 is 44.2 Å². The van der Waals surface area contributed by atoms with E-state index in [9.17, 15) is 25.2 Å². The summed E-state index contributed by atoms with van der Waals surface area (Å²) in [7, 11) is 1.46. The first kappa shape index (κ1) is 21.3. The van der Waals surface area contributed by atoms with Crippen LogP contribution in [0.3, 0.4) is 0 Å². The molecule has 0 saturated carbocycles. The van der Waals surface area contributed by atoms with Crippen molar-refractivity contribution in [1.82, 2.24) is 0 Å². The minimum atomic E-state index is -1.55. The van der Waals surface area contributed by atoms with E-state index in [2.05, 4.69) is 0 Å². The molecule has 5 rings (SSSR count). The van der Waals surface area contributed by atoms with Crippen LogP contribution in [0.4, 0.5) is 0 Å². The number of hydrogen-bond donors (Lipinski definition) is 4. The summed E-state index contributed by atoms with van der Waals surface area (Å²) in [4.78, 5) is 12.7. The Morgan fingerprint density at radius 2 is 1.88 bits per heavy atom. The van der Waals surface area contributed by atoms with Gasteiger partial charge < -0.3 is 39.4 Å². The Bertz CT molecular complexity index is 1170. The molecule has 1 aliphatic carbocycles. The Morgan fingerprint density at radius 3 is 2.67 bits per heavy atom. The Balaban J connectivity index is 1.41. The number of fused-ring (bicyclic) bond motifs is 2. The van der Waals surface area contributed by atoms with E-state index < -0.39 is 35.9 Å². The van der Waals surface area contributed by atoms with Crippen LogP contribution in [0.2, 0.25) is 0 Å². The number of aliphatic hydroxyl groups is 1. The van der Waals surface area contributed by atoms with E-state index >= 15 is 0 Å². The van der Waals surface area contributed by atoms with Gasteiger partial charge in [0.25, 0.3) is 0 Å². The van der Waals surface area contributed by atoms with Gasteiger partial charge in [0.15, 0.2) is 23.7 Å². The molecule has 0 spiro atoms. The lowest BCUT2D eigenvalue weighted by molar-refractivity contribution is -0.151. The number of Topliss-reactive ketones (excluding diaryl/α,β-unsaturated/α-hetero) is 1. The highest BCUT2D eigenvalue weighted by molar-refractivity contribution is 6.05. The zero-order chi connectivity index (χ0) is 23.3. The third-order valence-electron chi connectivity index (χ3n) is 5.95. The number of phenolic OH excluding ortho intramolecular Hbond substituents is 3. The predicted molar refractivity (Wildman–Crippen MR) is 114 cm³/mol. The van der Waals surface area contributed by atoms with Crippen molar-refractivity contribution in [3.8, 4) is 28.7 Å². The smallest absolute Gasteiger partial charge is 0.202 e. The number of benzene rings is 2. The van der Waals surface area contributed by atoms with Gasteiger partial charge in [0, 0.05) is 12.1 Å². The fraction of sp³-hybridized carbons (Fsp3) is 0.292. The standard InChI is InChI=1S/C24H22O9/c1-30-17-6-11(2-4-14(17)26)20-10-31-16-5-3-12(7-18(16)32-20)24-23(29)22(28)21-15(27)8-13(25)9-19(21)33-24/h2-9,16,18,20,23-27,29H,10H2,1H3/t16?,18?,20-,23-,24+/m0/s1. The monoisotopic (exact) mass is 454 g/mol. The second-order valence-electron chi connectivity index (χ2n) is 8.03. The number of ether oxygens (including phenoxy) is 4. The number of hydrogen-bond acceptors (Lipinski definition) is 9. The largest absolute Gasteiger partial charge is 0.508 e. The molecule has 3 aliphatic rings. The summed E-state index contributed by atoms with van der Waals surface area (Å²) in [5.41, 5.74) is 1.09. The normalized spacial score (nSPS) is 28.4. The molecule has 1 fully saturated rings. The number of methoxy groups -OCH3 is 1. The van der Waals surface area contributed by atoms with Gasteiger partial charge in [0.1, 0.15) is 41.1 Å². The molecule has 2 unspecified atom stereocenters. The number of aliphatic hydroxyl groups excluding tert-OH is 1. The van der Waals surface area contributed by atoms with Gasteiger partial charge in [-0.05, 0) is 29.3 Å². The van der Waals surface area contributed by atoms with Gasteiger partial charge in [-0.3, -0.25) is 4.79 Å². The van der Waals surface area contributed by atoms with Crippen LogP contribution in [0.5, 0.6) is 28.7 Å². The highest BCUT2D eigenvalue weighted by Gasteiger charge is 2.42. The molecule has 2 aliphatic heterocycles. The van der Waals surface area contributed by atoms with E-state index in [0.29, 0.717) is 11.3 Å². The minimum Gasteiger partial charge on any atom is -0.508 e. The molecule has 2 heterocycles. The van der Waals surface area contributed by atoms with Gasteiger partial charge in [-0.15, -0.1) is 0 Å². The molecule has 172 valence electrons. The Hall–Kier alpha value is -3.53. The average Bonchev–Trinajstić information content (AvgIpc) is 2.80. The number of carbonyl (C=O) groups is 1. The van der Waals surface area contributed by atoms with E-state index in [1.54, 1.807) is 30.4 Å². The molecule has 9 nitrogen and oxygen atoms in total. The average molecular weight is 454 g/mol. The maximum atomic E-state index is 12.7. The lowest BCUT2D eigenvalue weighted by Gasteiger charge is -2.38. The fourth-order valence-electron chi connectivity index (χ4n) is 4.27. The molecule has 2 aromatic rings. The number of phenols is 3. The zero-order valence-corrected chi connectivity index (χ0v) is 17.5. The van der Waals surface area contributed by atoms with E-state index in [-0.39, 0.29) is 35.5 Å². The molecule has 0 bridgehead atoms. The summed E-state index contributed by atoms with van der Waals surface area (Å²) >= 11 is 0. The van der Waals surface area contributed by atoms with Crippen molar-refractivity contribution in [2.75, 3.05) is 13.7 Å². The van der Waals surface area contributed by atoms with E-state index in [4.69, 9.17) is 18.9 Å². The molecular weight excluding hydrogens is 432 g/mol. The van der Waals surface area contributed by atoms with Crippen LogP contribution in [0, 0.1) is 0 Å². The molecule has 0 radical (unpaired) electrons. The molecule has 33 heavy (non-hydrogen) atoms. The molecule has 9 heteroatoms. The zero-order valence-electron chi connectivity index (χ0n) is 17.5. The van der Waals surface area contributed by atoms with E-state index in [1.807, 2.05) is 0 Å². The van der Waals surface area contributed by atoms with E-state index in [1.165, 1.54) is 19.2 Å². The maximum Gasteiger partial charge on any atom is 0.202 e. The van der Waals surface area contributed by atoms with Crippen molar-refractivity contribution in [2.24, 2.45) is 0 Å². The van der Waals surface area contributed by atoms with Crippen LogP contribution in [0.25, 0.3) is 0 Å². The first-order chi connectivity index (χ1) is 15.9. The molecule has 5 atom stereocenters. The summed E-state index contributed by atoms with van der Waals surface area (Å²) in [5.74, 6) is -1.11. The summed E-state index contributed by atoms with van der Waals surface area (Å²) in [6, 6.07) is 7.15. The van der Waals surface area contributed by atoms with Crippen molar-refractivity contribution in [3.63, 3.8) is 0 Å². The van der Waals surface area contributed by atoms with Gasteiger partial charge in [0.2, 0.25) is 5.78 Å². The van der Waals surface area contributed by atoms with Crippen LogP contribution in [0.1, 0.15) is 22.0 Å². The second kappa shape index (κ2) is 8.11. The van der Waals surface area contributed by atoms with Crippen LogP contribution < -0.4 is 9.47 Å². The van der Waals surface area contributed by atoms with Crippen molar-refractivity contribution in [3.05, 3.63) is 65.3 Å². The molecule has 4 N–H and O–H groups in total. The van der Waals surface area contributed by atoms with Crippen LogP contribution >= 0.6 is 0 Å². The Labute approximate surface area is 188 Å². The third kappa shape index (κ3) is 3.70. The highest BCUT2D eigenvalue weighted by atomic mass is 16.6. The summed E-state index contributed by atoms with van der Waals surface area (Å²) < 4.78 is 23.1. The van der Waals surface area contributed by atoms with Gasteiger partial charge in [-0.25, -0.2) is 0 Å². The van der Waals surface area contributed by atoms with Crippen molar-refractivity contribution >= 4 is 5.78 Å². The van der Waals surface area contributed by atoms with Crippen LogP contribution in [0.15, 0.2) is 54.1 Å². The Morgan fingerprint density at radius 1 is 1.06 bits per heavy atom. The number of carbonyl (C=O) groups excluding carboxylic acids is 1. The fourth-order valence-corrected chi connectivity index (χ4v) is 4.27. The summed E-state index contributed by atoms with van der Waals surface area (Å²) in [5, 5.41) is 40.2. The number of rotatable bonds is 3. The quantitative estimate of drug-likeness (QED) is 0.550. The first-order valence-corrected chi connectivity index (χ1v) is 10.3. The lowest BCUT2D eigenvalue weighted by Crippen LogP contribution is -2.45. The first-order valence-electron chi connectivity index (χ1n) is 10.3. The van der Waals surface area contributed by atoms with Crippen molar-refractivity contribution in [2.45, 2.75) is 30.5 Å². The maximum absolute atomic E-state index is 12.7. The lowest BCUT2D eigenvalue weighted by atomic mass is 9.89. The molecule has 0 amide bonds. The number of ketones is 1. The van der Waals surface area contributed by atoms with Crippen molar-refractivity contribution in [1.29, 1.82) is 0 Å². The SMILES string of the molecule is COc1cc([C@@H]2COC3C=CC([C@H]4Oc5cc(O)cc(O)c5C(=O)[C@@H]4O)=CC3O2)ccc1O. The third-order valence-corrected chi connectivity index (χ3v) is 5.95. The van der Waals surface area contributed by atoms with Crippen LogP contribution in [-0.4, -0.2) is 64.3 Å². The molecule has 1 saturated heterocycles. The number of aromatic hydroxyl groups is 3. The Kier molecular flexibility index (Phi) is 5.24.